The molecule has 8 heteroatoms. The molecule has 2 spiro atoms. The number of carbonyl (C=O) groups is 1. The molecule has 0 aromatic heterocycles. The minimum absolute atomic E-state index is 0.0435. The first-order valence-electron chi connectivity index (χ1n) is 19.2. The summed E-state index contributed by atoms with van der Waals surface area (Å²) in [7, 11) is 0. The molecule has 0 bridgehead atoms. The standard InChI is InChI=1S/C39H65NO7/c1-10-17-40-18-19-44-29(21-40)47-28-13-14-38-22-39(38)16-15-36(8)30-23(2)20-25(33(35(6,7)43)45-24(3)41)46-31(30)32(42)37(36,9)27(39)12-11-26(38)34(28,4)5/h23,25-33,42-43H,10-22H2,1-9H3/t23-,25?,26+,27?,28+,29+,30+,31?,32+,33+,36-,37-,38-,39+/m1/s1. The van der Waals surface area contributed by atoms with Gasteiger partial charge in [0.05, 0.1) is 36.6 Å². The van der Waals surface area contributed by atoms with Crippen LogP contribution in [0.25, 0.3) is 0 Å². The lowest BCUT2D eigenvalue weighted by Gasteiger charge is -2.64. The van der Waals surface area contributed by atoms with Crippen molar-refractivity contribution in [2.45, 2.75) is 163 Å². The number of hydrogen-bond acceptors (Lipinski definition) is 8. The molecule has 2 aliphatic heterocycles. The summed E-state index contributed by atoms with van der Waals surface area (Å²) in [4.78, 5) is 14.6. The first-order chi connectivity index (χ1) is 22.0. The molecule has 0 amide bonds. The number of ether oxygens (including phenoxy) is 4. The third-order valence-corrected chi connectivity index (χ3v) is 16.1. The van der Waals surface area contributed by atoms with Crippen LogP contribution in [-0.2, 0) is 23.7 Å². The van der Waals surface area contributed by atoms with Crippen LogP contribution >= 0.6 is 0 Å². The molecule has 7 rings (SSSR count). The lowest BCUT2D eigenvalue weighted by molar-refractivity contribution is -0.248. The van der Waals surface area contributed by atoms with Crippen LogP contribution in [-0.4, -0.2) is 89.7 Å². The van der Waals surface area contributed by atoms with Gasteiger partial charge in [-0.25, -0.2) is 0 Å². The van der Waals surface area contributed by atoms with Crippen molar-refractivity contribution in [2.24, 2.45) is 50.7 Å². The van der Waals surface area contributed by atoms with E-state index < -0.39 is 29.9 Å². The van der Waals surface area contributed by atoms with Gasteiger partial charge in [-0.1, -0.05) is 41.5 Å². The van der Waals surface area contributed by atoms with Crippen LogP contribution in [0.5, 0.6) is 0 Å². The summed E-state index contributed by atoms with van der Waals surface area (Å²) < 4.78 is 25.6. The van der Waals surface area contributed by atoms with Gasteiger partial charge in [0.2, 0.25) is 0 Å². The minimum atomic E-state index is -1.25. The Labute approximate surface area is 284 Å². The highest BCUT2D eigenvalue weighted by atomic mass is 16.7. The van der Waals surface area contributed by atoms with E-state index in [9.17, 15) is 15.0 Å². The molecule has 8 nitrogen and oxygen atoms in total. The van der Waals surface area contributed by atoms with Gasteiger partial charge >= 0.3 is 5.97 Å². The van der Waals surface area contributed by atoms with Crippen molar-refractivity contribution < 1.29 is 34.0 Å². The lowest BCUT2D eigenvalue weighted by atomic mass is 9.41. The van der Waals surface area contributed by atoms with Gasteiger partial charge < -0.3 is 29.2 Å². The van der Waals surface area contributed by atoms with E-state index in [1.165, 1.54) is 32.6 Å². The van der Waals surface area contributed by atoms with Crippen LogP contribution in [0, 0.1) is 50.7 Å². The first-order valence-corrected chi connectivity index (χ1v) is 19.2. The normalized spacial score (nSPS) is 51.1. The fourth-order valence-corrected chi connectivity index (χ4v) is 14.1. The highest BCUT2D eigenvalue weighted by Crippen LogP contribution is 2.89. The Balaban J connectivity index is 1.13. The van der Waals surface area contributed by atoms with E-state index in [-0.39, 0.29) is 52.0 Å². The molecular weight excluding hydrogens is 594 g/mol. The molecule has 3 unspecified atom stereocenters. The second-order valence-corrected chi connectivity index (χ2v) is 19.0. The molecule has 5 aliphatic carbocycles. The van der Waals surface area contributed by atoms with Crippen LogP contribution in [0.15, 0.2) is 0 Å². The number of rotatable bonds is 7. The van der Waals surface area contributed by atoms with Gasteiger partial charge in [-0.05, 0) is 124 Å². The van der Waals surface area contributed by atoms with E-state index in [4.69, 9.17) is 18.9 Å². The number of carbonyl (C=O) groups excluding carboxylic acids is 1. The Kier molecular flexibility index (Phi) is 8.38. The van der Waals surface area contributed by atoms with Crippen LogP contribution in [0.3, 0.4) is 0 Å². The number of nitrogens with zero attached hydrogens (tertiary/aromatic N) is 1. The molecular formula is C39H65NO7. The molecule has 7 fully saturated rings. The van der Waals surface area contributed by atoms with Crippen molar-refractivity contribution in [3.63, 3.8) is 0 Å². The van der Waals surface area contributed by atoms with Crippen molar-refractivity contribution in [2.75, 3.05) is 26.2 Å². The van der Waals surface area contributed by atoms with E-state index >= 15 is 0 Å². The van der Waals surface area contributed by atoms with E-state index in [2.05, 4.69) is 46.4 Å². The predicted octanol–water partition coefficient (Wildman–Crippen LogP) is 5.96. The molecule has 7 aliphatic rings. The molecule has 2 saturated heterocycles. The maximum Gasteiger partial charge on any atom is 0.303 e. The van der Waals surface area contributed by atoms with Gasteiger partial charge in [0.1, 0.15) is 0 Å². The topological polar surface area (TPSA) is 97.7 Å². The fourth-order valence-electron chi connectivity index (χ4n) is 14.1. The highest BCUT2D eigenvalue weighted by Gasteiger charge is 2.84. The molecule has 0 radical (unpaired) electrons. The van der Waals surface area contributed by atoms with Gasteiger partial charge in [0, 0.05) is 25.4 Å². The zero-order valence-electron chi connectivity index (χ0n) is 30.8. The molecule has 2 heterocycles. The van der Waals surface area contributed by atoms with Gasteiger partial charge in [0.15, 0.2) is 12.4 Å². The van der Waals surface area contributed by atoms with E-state index in [0.717, 1.165) is 51.9 Å². The zero-order valence-corrected chi connectivity index (χ0v) is 30.8. The van der Waals surface area contributed by atoms with Crippen molar-refractivity contribution in [3.05, 3.63) is 0 Å². The second-order valence-electron chi connectivity index (χ2n) is 19.0. The Hall–Kier alpha value is -0.770. The Morgan fingerprint density at radius 2 is 1.77 bits per heavy atom. The summed E-state index contributed by atoms with van der Waals surface area (Å²) in [5.74, 6) is 1.16. The number of fused-ring (bicyclic) bond motifs is 4. The van der Waals surface area contributed by atoms with Crippen molar-refractivity contribution >= 4 is 5.97 Å². The van der Waals surface area contributed by atoms with E-state index in [0.29, 0.717) is 23.7 Å². The summed E-state index contributed by atoms with van der Waals surface area (Å²) in [5, 5.41) is 23.6. The number of aliphatic hydroxyl groups excluding tert-OH is 1. The van der Waals surface area contributed by atoms with E-state index in [1.807, 2.05) is 0 Å². The van der Waals surface area contributed by atoms with Gasteiger partial charge in [-0.3, -0.25) is 9.69 Å². The maximum absolute atomic E-state index is 12.6. The van der Waals surface area contributed by atoms with Crippen LogP contribution in [0.1, 0.15) is 120 Å². The largest absolute Gasteiger partial charge is 0.457 e. The third-order valence-electron chi connectivity index (χ3n) is 16.1. The Morgan fingerprint density at radius 3 is 2.45 bits per heavy atom. The summed E-state index contributed by atoms with van der Waals surface area (Å²) in [6, 6.07) is 0. The van der Waals surface area contributed by atoms with Gasteiger partial charge in [-0.15, -0.1) is 0 Å². The number of morpholine rings is 1. The average molecular weight is 660 g/mol. The molecule has 0 aromatic rings. The van der Waals surface area contributed by atoms with Crippen molar-refractivity contribution in [3.8, 4) is 0 Å². The highest BCUT2D eigenvalue weighted by molar-refractivity contribution is 5.66. The number of esters is 1. The van der Waals surface area contributed by atoms with Crippen LogP contribution in [0.4, 0.5) is 0 Å². The summed E-state index contributed by atoms with van der Waals surface area (Å²) in [5.41, 5.74) is -0.882. The van der Waals surface area contributed by atoms with E-state index in [1.54, 1.807) is 13.8 Å². The van der Waals surface area contributed by atoms with Crippen molar-refractivity contribution in [1.82, 2.24) is 4.90 Å². The molecule has 5 saturated carbocycles. The van der Waals surface area contributed by atoms with Crippen LogP contribution in [0.2, 0.25) is 0 Å². The Bertz CT molecular complexity index is 1220. The Morgan fingerprint density at radius 1 is 1.06 bits per heavy atom. The molecule has 2 N–H and O–H groups in total. The van der Waals surface area contributed by atoms with Gasteiger partial charge in [-0.2, -0.15) is 0 Å². The lowest BCUT2D eigenvalue weighted by Crippen LogP contribution is -2.60. The molecule has 268 valence electrons. The van der Waals surface area contributed by atoms with Crippen molar-refractivity contribution in [1.29, 1.82) is 0 Å². The maximum atomic E-state index is 12.6. The monoisotopic (exact) mass is 659 g/mol. The quantitative estimate of drug-likeness (QED) is 0.324. The summed E-state index contributed by atoms with van der Waals surface area (Å²) in [6.45, 7) is 22.9. The van der Waals surface area contributed by atoms with Gasteiger partial charge in [0.25, 0.3) is 0 Å². The predicted molar refractivity (Wildman–Crippen MR) is 179 cm³/mol. The number of aliphatic hydroxyl groups is 2. The molecule has 14 atom stereocenters. The summed E-state index contributed by atoms with van der Waals surface area (Å²) in [6.07, 6.45) is 8.07. The molecule has 0 aromatic carbocycles. The zero-order chi connectivity index (χ0) is 33.9. The minimum Gasteiger partial charge on any atom is -0.457 e. The second kappa shape index (κ2) is 11.4. The smallest absolute Gasteiger partial charge is 0.303 e. The molecule has 47 heavy (non-hydrogen) atoms. The fraction of sp³-hybridized carbons (Fsp3) is 0.974. The first kappa shape index (κ1) is 34.7. The van der Waals surface area contributed by atoms with Crippen LogP contribution < -0.4 is 0 Å². The SMILES string of the molecule is CCCN1CCO[C@@H](O[C@H]2CC[C@]34C[C@]35CC[C@]3(C)[C@@H]6C(OC([C@H](OC(C)=O)C(C)(C)O)C[C@H]6C)[C@H](O)[C@@]3(C)C5CC[C@H]4C2(C)C)C1. The number of hydrogen-bond donors (Lipinski definition) is 2. The third kappa shape index (κ3) is 4.83. The summed E-state index contributed by atoms with van der Waals surface area (Å²) >= 11 is 0. The average Bonchev–Trinajstić information content (AvgIpc) is 3.62.